The number of aryl methyl sites for hydroxylation is 1. The highest BCUT2D eigenvalue weighted by Gasteiger charge is 2.30. The Labute approximate surface area is 143 Å². The summed E-state index contributed by atoms with van der Waals surface area (Å²) in [6.07, 6.45) is -4.34. The van der Waals surface area contributed by atoms with E-state index >= 15 is 0 Å². The van der Waals surface area contributed by atoms with Gasteiger partial charge in [-0.2, -0.15) is 13.2 Å². The molecular formula is C19H17F3N2O. The van der Waals surface area contributed by atoms with Crippen LogP contribution in [0.2, 0.25) is 0 Å². The topological polar surface area (TPSA) is 34.0 Å². The first kappa shape index (κ1) is 17.1. The number of halogens is 3. The number of hydrogen-bond donors (Lipinski definition) is 1. The molecule has 1 N–H and O–H groups in total. The number of alkyl halides is 3. The first-order chi connectivity index (χ1) is 11.8. The second-order valence-electron chi connectivity index (χ2n) is 5.94. The summed E-state index contributed by atoms with van der Waals surface area (Å²) in [4.78, 5) is 12.3. The molecule has 0 saturated heterocycles. The molecule has 3 rings (SSSR count). The third-order valence-corrected chi connectivity index (χ3v) is 4.34. The van der Waals surface area contributed by atoms with Crippen LogP contribution in [-0.4, -0.2) is 10.5 Å². The Kier molecular flexibility index (Phi) is 4.29. The molecule has 1 amide bonds. The van der Waals surface area contributed by atoms with Gasteiger partial charge < -0.3 is 9.88 Å². The molecule has 25 heavy (non-hydrogen) atoms. The van der Waals surface area contributed by atoms with Crippen LogP contribution in [0.1, 0.15) is 16.8 Å². The Morgan fingerprint density at radius 1 is 1.12 bits per heavy atom. The van der Waals surface area contributed by atoms with Crippen LogP contribution in [0.5, 0.6) is 0 Å². The Balaban J connectivity index is 1.84. The Hall–Kier alpha value is -2.76. The molecule has 0 fully saturated rings. The van der Waals surface area contributed by atoms with E-state index < -0.39 is 11.7 Å². The van der Waals surface area contributed by atoms with Gasteiger partial charge in [-0.15, -0.1) is 0 Å². The molecule has 130 valence electrons. The van der Waals surface area contributed by atoms with Crippen molar-refractivity contribution in [2.75, 3.05) is 5.32 Å². The molecule has 6 heteroatoms. The number of fused-ring (bicyclic) bond motifs is 1. The number of benzene rings is 2. The number of nitrogens with zero attached hydrogens (tertiary/aromatic N) is 1. The van der Waals surface area contributed by atoms with Crippen molar-refractivity contribution >= 4 is 22.5 Å². The van der Waals surface area contributed by atoms with Crippen molar-refractivity contribution in [1.29, 1.82) is 0 Å². The lowest BCUT2D eigenvalue weighted by atomic mass is 10.1. The Morgan fingerprint density at radius 3 is 2.56 bits per heavy atom. The van der Waals surface area contributed by atoms with Gasteiger partial charge in [-0.1, -0.05) is 24.3 Å². The number of hydrogen-bond acceptors (Lipinski definition) is 1. The van der Waals surface area contributed by atoms with E-state index in [1.807, 2.05) is 42.8 Å². The summed E-state index contributed by atoms with van der Waals surface area (Å²) in [7, 11) is 1.92. The minimum atomic E-state index is -4.44. The lowest BCUT2D eigenvalue weighted by molar-refractivity contribution is -0.137. The molecule has 1 aromatic heterocycles. The number of rotatable bonds is 3. The number of anilines is 1. The van der Waals surface area contributed by atoms with Crippen molar-refractivity contribution in [1.82, 2.24) is 4.57 Å². The summed E-state index contributed by atoms with van der Waals surface area (Å²) in [6.45, 7) is 1.92. The zero-order valence-electron chi connectivity index (χ0n) is 13.8. The number of carbonyl (C=O) groups excluding carboxylic acids is 1. The summed E-state index contributed by atoms with van der Waals surface area (Å²) in [5, 5.41) is 3.53. The van der Waals surface area contributed by atoms with Gasteiger partial charge >= 0.3 is 6.18 Å². The molecule has 0 bridgehead atoms. The third-order valence-electron chi connectivity index (χ3n) is 4.34. The largest absolute Gasteiger partial charge is 0.416 e. The standard InChI is InChI=1S/C19H17F3N2O/c1-12-16(15-8-3-4-9-17(15)24(12)2)11-18(25)23-14-7-5-6-13(10-14)19(20,21)22/h3-10H,11H2,1-2H3,(H,23,25). The van der Waals surface area contributed by atoms with E-state index in [-0.39, 0.29) is 18.0 Å². The van der Waals surface area contributed by atoms with Crippen LogP contribution < -0.4 is 5.32 Å². The van der Waals surface area contributed by atoms with Crippen LogP contribution in [0, 0.1) is 6.92 Å². The molecule has 0 radical (unpaired) electrons. The van der Waals surface area contributed by atoms with Crippen LogP contribution in [0.25, 0.3) is 10.9 Å². The Bertz CT molecular complexity index is 941. The van der Waals surface area contributed by atoms with Crippen molar-refractivity contribution in [2.45, 2.75) is 19.5 Å². The van der Waals surface area contributed by atoms with Gasteiger partial charge in [-0.25, -0.2) is 0 Å². The molecule has 0 aliphatic carbocycles. The van der Waals surface area contributed by atoms with Crippen LogP contribution in [0.3, 0.4) is 0 Å². The van der Waals surface area contributed by atoms with Crippen molar-refractivity contribution in [3.63, 3.8) is 0 Å². The van der Waals surface area contributed by atoms with E-state index in [0.717, 1.165) is 34.3 Å². The number of carbonyl (C=O) groups is 1. The molecule has 0 spiro atoms. The van der Waals surface area contributed by atoms with Crippen molar-refractivity contribution in [2.24, 2.45) is 7.05 Å². The maximum absolute atomic E-state index is 12.8. The predicted molar refractivity (Wildman–Crippen MR) is 91.4 cm³/mol. The highest BCUT2D eigenvalue weighted by molar-refractivity contribution is 5.96. The van der Waals surface area contributed by atoms with E-state index in [0.29, 0.717) is 0 Å². The fourth-order valence-electron chi connectivity index (χ4n) is 2.96. The summed E-state index contributed by atoms with van der Waals surface area (Å²) in [5.74, 6) is -0.348. The minimum absolute atomic E-state index is 0.101. The molecule has 1 heterocycles. The number of nitrogens with one attached hydrogen (secondary N) is 1. The maximum Gasteiger partial charge on any atom is 0.416 e. The second-order valence-corrected chi connectivity index (χ2v) is 5.94. The quantitative estimate of drug-likeness (QED) is 0.734. The molecular weight excluding hydrogens is 329 g/mol. The average molecular weight is 346 g/mol. The lowest BCUT2D eigenvalue weighted by Gasteiger charge is -2.10. The smallest absolute Gasteiger partial charge is 0.348 e. The molecule has 0 aliphatic rings. The second kappa shape index (κ2) is 6.27. The zero-order valence-corrected chi connectivity index (χ0v) is 13.8. The predicted octanol–water partition coefficient (Wildman–Crippen LogP) is 4.69. The highest BCUT2D eigenvalue weighted by atomic mass is 19.4. The van der Waals surface area contributed by atoms with Gasteiger partial charge in [0.25, 0.3) is 0 Å². The first-order valence-electron chi connectivity index (χ1n) is 7.77. The zero-order chi connectivity index (χ0) is 18.2. The van der Waals surface area contributed by atoms with E-state index in [1.165, 1.54) is 12.1 Å². The molecule has 2 aromatic carbocycles. The summed E-state index contributed by atoms with van der Waals surface area (Å²) in [6, 6.07) is 12.4. The normalized spacial score (nSPS) is 11.7. The summed E-state index contributed by atoms with van der Waals surface area (Å²) >= 11 is 0. The molecule has 0 saturated carbocycles. The summed E-state index contributed by atoms with van der Waals surface area (Å²) < 4.78 is 40.3. The van der Waals surface area contributed by atoms with E-state index in [2.05, 4.69) is 5.32 Å². The molecule has 0 atom stereocenters. The maximum atomic E-state index is 12.8. The van der Waals surface area contributed by atoms with Crippen LogP contribution in [-0.2, 0) is 24.4 Å². The van der Waals surface area contributed by atoms with Gasteiger partial charge in [-0.05, 0) is 36.8 Å². The van der Waals surface area contributed by atoms with Gasteiger partial charge in [0.15, 0.2) is 0 Å². The molecule has 3 nitrogen and oxygen atoms in total. The number of aromatic nitrogens is 1. The molecule has 3 aromatic rings. The van der Waals surface area contributed by atoms with Crippen molar-refractivity contribution in [3.8, 4) is 0 Å². The van der Waals surface area contributed by atoms with Crippen LogP contribution in [0.15, 0.2) is 48.5 Å². The van der Waals surface area contributed by atoms with Crippen LogP contribution in [0.4, 0.5) is 18.9 Å². The van der Waals surface area contributed by atoms with Gasteiger partial charge in [-0.3, -0.25) is 4.79 Å². The van der Waals surface area contributed by atoms with E-state index in [9.17, 15) is 18.0 Å². The van der Waals surface area contributed by atoms with Gasteiger partial charge in [0.05, 0.1) is 12.0 Å². The van der Waals surface area contributed by atoms with Crippen molar-refractivity contribution < 1.29 is 18.0 Å². The van der Waals surface area contributed by atoms with Gasteiger partial charge in [0, 0.05) is 29.3 Å². The molecule has 0 aliphatic heterocycles. The highest BCUT2D eigenvalue weighted by Crippen LogP contribution is 2.31. The number of para-hydroxylation sites is 1. The SMILES string of the molecule is Cc1c(CC(=O)Nc2cccc(C(F)(F)F)c2)c2ccccc2n1C. The molecule has 0 unspecified atom stereocenters. The minimum Gasteiger partial charge on any atom is -0.348 e. The lowest BCUT2D eigenvalue weighted by Crippen LogP contribution is -2.15. The first-order valence-corrected chi connectivity index (χ1v) is 7.77. The van der Waals surface area contributed by atoms with Crippen LogP contribution >= 0.6 is 0 Å². The Morgan fingerprint density at radius 2 is 1.84 bits per heavy atom. The fraction of sp³-hybridized carbons (Fsp3) is 0.211. The fourth-order valence-corrected chi connectivity index (χ4v) is 2.96. The third kappa shape index (κ3) is 3.38. The van der Waals surface area contributed by atoms with E-state index in [4.69, 9.17) is 0 Å². The van der Waals surface area contributed by atoms with Crippen molar-refractivity contribution in [3.05, 3.63) is 65.4 Å². The monoisotopic (exact) mass is 346 g/mol. The number of amides is 1. The van der Waals surface area contributed by atoms with E-state index in [1.54, 1.807) is 0 Å². The average Bonchev–Trinajstić information content (AvgIpc) is 2.80. The van der Waals surface area contributed by atoms with Gasteiger partial charge in [0.2, 0.25) is 5.91 Å². The van der Waals surface area contributed by atoms with Gasteiger partial charge in [0.1, 0.15) is 0 Å². The summed E-state index contributed by atoms with van der Waals surface area (Å²) in [5.41, 5.74) is 2.20.